The molecule has 230 valence electrons. The van der Waals surface area contributed by atoms with E-state index in [0.717, 1.165) is 0 Å². The summed E-state index contributed by atoms with van der Waals surface area (Å²) in [4.78, 5) is 75.2. The quantitative estimate of drug-likeness (QED) is 0.0796. The minimum atomic E-state index is -1.25. The summed E-state index contributed by atoms with van der Waals surface area (Å²) in [7, 11) is 1.18. The van der Waals surface area contributed by atoms with Gasteiger partial charge in [-0.1, -0.05) is 24.8 Å². The number of rotatable bonds is 16. The van der Waals surface area contributed by atoms with Crippen LogP contribution in [0.3, 0.4) is 0 Å². The number of nitrogens with one attached hydrogen (secondary N) is 4. The molecule has 5 N–H and O–H groups in total. The number of methoxy groups -OCH3 is 1. The van der Waals surface area contributed by atoms with Crippen molar-refractivity contribution in [3.05, 3.63) is 24.8 Å². The van der Waals surface area contributed by atoms with E-state index in [0.29, 0.717) is 19.3 Å². The van der Waals surface area contributed by atoms with Crippen LogP contribution in [0.2, 0.25) is 0 Å². The zero-order chi connectivity index (χ0) is 31.2. The second-order valence-electron chi connectivity index (χ2n) is 10.6. The van der Waals surface area contributed by atoms with Crippen LogP contribution < -0.4 is 21.3 Å². The van der Waals surface area contributed by atoms with E-state index >= 15 is 0 Å². The summed E-state index contributed by atoms with van der Waals surface area (Å²) < 4.78 is 9.79. The summed E-state index contributed by atoms with van der Waals surface area (Å²) >= 11 is 4.16. The van der Waals surface area contributed by atoms with E-state index < -0.39 is 64.9 Å². The largest absolute Gasteiger partial charge is 0.468 e. The molecule has 1 fully saturated rings. The predicted molar refractivity (Wildman–Crippen MR) is 153 cm³/mol. The molecule has 0 bridgehead atoms. The first kappa shape index (κ1) is 35.6. The van der Waals surface area contributed by atoms with E-state index in [2.05, 4.69) is 45.2 Å². The van der Waals surface area contributed by atoms with Crippen LogP contribution in [0, 0.1) is 0 Å². The molecule has 1 aliphatic carbocycles. The van der Waals surface area contributed by atoms with E-state index in [1.165, 1.54) is 25.3 Å². The molecule has 1 aliphatic rings. The number of aliphatic hydroxyl groups is 1. The highest BCUT2D eigenvalue weighted by Gasteiger charge is 2.46. The van der Waals surface area contributed by atoms with Crippen LogP contribution in [0.15, 0.2) is 24.8 Å². The first-order valence-electron chi connectivity index (χ1n) is 13.2. The highest BCUT2D eigenvalue weighted by Crippen LogP contribution is 2.32. The van der Waals surface area contributed by atoms with Gasteiger partial charge in [0.1, 0.15) is 29.8 Å². The molecule has 0 heterocycles. The molecule has 13 nitrogen and oxygen atoms in total. The average molecular weight is 599 g/mol. The summed E-state index contributed by atoms with van der Waals surface area (Å²) in [6, 6.07) is -2.44. The van der Waals surface area contributed by atoms with Crippen molar-refractivity contribution in [1.82, 2.24) is 21.3 Å². The van der Waals surface area contributed by atoms with Gasteiger partial charge in [0.2, 0.25) is 23.6 Å². The van der Waals surface area contributed by atoms with Crippen molar-refractivity contribution in [2.75, 3.05) is 19.4 Å². The molecular formula is C27H42N4O9S. The Balaban J connectivity index is 2.95. The Hall–Kier alpha value is -3.39. The molecule has 0 aromatic rings. The Labute approximate surface area is 245 Å². The molecule has 0 unspecified atom stereocenters. The number of carbonyl (C=O) groups is 6. The molecule has 3 atom stereocenters. The number of hydrogen-bond donors (Lipinski definition) is 6. The molecule has 0 spiro atoms. The minimum Gasteiger partial charge on any atom is -0.468 e. The number of hydrogen-bond acceptors (Lipinski definition) is 10. The molecule has 14 heteroatoms. The van der Waals surface area contributed by atoms with Gasteiger partial charge in [0.05, 0.1) is 19.6 Å². The number of amides is 4. The van der Waals surface area contributed by atoms with Gasteiger partial charge in [-0.2, -0.15) is 12.6 Å². The van der Waals surface area contributed by atoms with Crippen molar-refractivity contribution < 1.29 is 43.3 Å². The third-order valence-electron chi connectivity index (χ3n) is 6.01. The number of carbonyl (C=O) groups excluding carboxylic acids is 6. The summed E-state index contributed by atoms with van der Waals surface area (Å²) in [5.74, 6) is -4.07. The summed E-state index contributed by atoms with van der Waals surface area (Å²) in [5.41, 5.74) is -2.01. The molecule has 0 aromatic carbocycles. The first-order valence-corrected chi connectivity index (χ1v) is 13.9. The first-order chi connectivity index (χ1) is 19.2. The maximum Gasteiger partial charge on any atom is 0.325 e. The van der Waals surface area contributed by atoms with Crippen molar-refractivity contribution >= 4 is 48.2 Å². The zero-order valence-corrected chi connectivity index (χ0v) is 24.9. The van der Waals surface area contributed by atoms with Gasteiger partial charge in [-0.3, -0.25) is 28.8 Å². The van der Waals surface area contributed by atoms with Crippen LogP contribution in [-0.2, 0) is 38.2 Å². The lowest BCUT2D eigenvalue weighted by molar-refractivity contribution is -0.155. The summed E-state index contributed by atoms with van der Waals surface area (Å²) in [6.45, 7) is 8.19. The SMILES string of the molecule is C=C/C=C/[C@@H](O)CC(=O)N[C@H](CCC(=O)OC(C)(C)C)C(=O)N[C@H](CS)C(=O)NC1(C(=O)NCC(=O)OC)CCC1. The standard InChI is InChI=1S/C27H42N4O9S/c1-6-7-9-17(32)14-20(33)29-18(10-11-21(34)40-26(2,3)4)23(36)30-19(16-41)24(37)31-27(12-8-13-27)25(38)28-15-22(35)39-5/h6-7,9,17-19,32,41H,1,8,10-16H2,2-5H3,(H,28,38)(H,29,33)(H,30,36)(H,31,37)/b9-7+/t17-,18-,19-/m1/s1. The Morgan fingerprint density at radius 2 is 1.71 bits per heavy atom. The van der Waals surface area contributed by atoms with Crippen LogP contribution in [0.5, 0.6) is 0 Å². The van der Waals surface area contributed by atoms with Gasteiger partial charge in [0, 0.05) is 12.2 Å². The van der Waals surface area contributed by atoms with Crippen LogP contribution in [-0.4, -0.2) is 89.4 Å². The van der Waals surface area contributed by atoms with E-state index in [4.69, 9.17) is 4.74 Å². The molecule has 4 amide bonds. The van der Waals surface area contributed by atoms with Gasteiger partial charge in [0.15, 0.2) is 0 Å². The molecule has 0 radical (unpaired) electrons. The van der Waals surface area contributed by atoms with Crippen molar-refractivity contribution in [2.45, 2.75) is 88.6 Å². The smallest absolute Gasteiger partial charge is 0.325 e. The van der Waals surface area contributed by atoms with E-state index in [1.807, 2.05) is 0 Å². The van der Waals surface area contributed by atoms with Crippen molar-refractivity contribution in [1.29, 1.82) is 0 Å². The fourth-order valence-corrected chi connectivity index (χ4v) is 4.02. The maximum atomic E-state index is 13.2. The van der Waals surface area contributed by atoms with Crippen molar-refractivity contribution in [3.63, 3.8) is 0 Å². The molecule has 1 saturated carbocycles. The van der Waals surface area contributed by atoms with E-state index in [-0.39, 0.29) is 31.6 Å². The van der Waals surface area contributed by atoms with Gasteiger partial charge < -0.3 is 35.8 Å². The lowest BCUT2D eigenvalue weighted by Crippen LogP contribution is -2.66. The van der Waals surface area contributed by atoms with Gasteiger partial charge >= 0.3 is 11.9 Å². The fourth-order valence-electron chi connectivity index (χ4n) is 3.76. The Morgan fingerprint density at radius 3 is 2.22 bits per heavy atom. The molecule has 0 saturated heterocycles. The van der Waals surface area contributed by atoms with Gasteiger partial charge in [0.25, 0.3) is 0 Å². The van der Waals surface area contributed by atoms with Crippen LogP contribution >= 0.6 is 12.6 Å². The van der Waals surface area contributed by atoms with Gasteiger partial charge in [-0.25, -0.2) is 0 Å². The number of thiol groups is 1. The lowest BCUT2D eigenvalue weighted by Gasteiger charge is -2.41. The van der Waals surface area contributed by atoms with Crippen LogP contribution in [0.1, 0.15) is 59.3 Å². The average Bonchev–Trinajstić information content (AvgIpc) is 2.87. The fraction of sp³-hybridized carbons (Fsp3) is 0.630. The van der Waals surface area contributed by atoms with E-state index in [1.54, 1.807) is 20.8 Å². The number of aliphatic hydroxyl groups excluding tert-OH is 1. The zero-order valence-electron chi connectivity index (χ0n) is 24.0. The van der Waals surface area contributed by atoms with Gasteiger partial charge in [-0.05, 0) is 46.5 Å². The normalized spacial score (nSPS) is 16.2. The molecule has 0 aliphatic heterocycles. The third kappa shape index (κ3) is 12.8. The summed E-state index contributed by atoms with van der Waals surface area (Å²) in [6.07, 6.45) is 3.71. The highest BCUT2D eigenvalue weighted by molar-refractivity contribution is 7.80. The third-order valence-corrected chi connectivity index (χ3v) is 6.38. The monoisotopic (exact) mass is 598 g/mol. The second kappa shape index (κ2) is 16.8. The predicted octanol–water partition coefficient (Wildman–Crippen LogP) is -0.171. The topological polar surface area (TPSA) is 189 Å². The second-order valence-corrected chi connectivity index (χ2v) is 10.9. The maximum absolute atomic E-state index is 13.2. The van der Waals surface area contributed by atoms with Crippen molar-refractivity contribution in [2.24, 2.45) is 0 Å². The van der Waals surface area contributed by atoms with Crippen LogP contribution in [0.25, 0.3) is 0 Å². The number of esters is 2. The van der Waals surface area contributed by atoms with Gasteiger partial charge in [-0.15, -0.1) is 0 Å². The Morgan fingerprint density at radius 1 is 1.05 bits per heavy atom. The van der Waals surface area contributed by atoms with Crippen molar-refractivity contribution in [3.8, 4) is 0 Å². The van der Waals surface area contributed by atoms with E-state index in [9.17, 15) is 33.9 Å². The molecule has 0 aromatic heterocycles. The number of ether oxygens (including phenoxy) is 2. The molecule has 1 rings (SSSR count). The highest BCUT2D eigenvalue weighted by atomic mass is 32.1. The Bertz CT molecular complexity index is 1010. The molecular weight excluding hydrogens is 556 g/mol. The molecule has 41 heavy (non-hydrogen) atoms. The Kier molecular flexibility index (Phi) is 14.6. The minimum absolute atomic E-state index is 0.144. The summed E-state index contributed by atoms with van der Waals surface area (Å²) in [5, 5.41) is 20.1. The number of allylic oxidation sites excluding steroid dienone is 2. The lowest BCUT2D eigenvalue weighted by atomic mass is 9.75. The van der Waals surface area contributed by atoms with Crippen LogP contribution in [0.4, 0.5) is 0 Å².